The summed E-state index contributed by atoms with van der Waals surface area (Å²) in [7, 11) is 0. The molecule has 0 radical (unpaired) electrons. The zero-order valence-electron chi connectivity index (χ0n) is 12.3. The minimum Gasteiger partial charge on any atom is -0.397 e. The van der Waals surface area contributed by atoms with Gasteiger partial charge in [-0.3, -0.25) is 4.79 Å². The Balaban J connectivity index is 2.43. The largest absolute Gasteiger partial charge is 0.397 e. The molecule has 0 fully saturated rings. The molecule has 0 unspecified atom stereocenters. The van der Waals surface area contributed by atoms with Gasteiger partial charge >= 0.3 is 0 Å². The van der Waals surface area contributed by atoms with E-state index in [9.17, 15) is 4.79 Å². The standard InChI is InChI=1S/C17H19ClN2O/c1-3-10-20(16-7-5-4-6-15(16)19)17(21)14-9-8-13(18)11-12(14)2/h4-9,11H,3,10,19H2,1-2H3. The second kappa shape index (κ2) is 6.64. The molecule has 110 valence electrons. The third-order valence-electron chi connectivity index (χ3n) is 3.34. The molecule has 0 aliphatic carbocycles. The van der Waals surface area contributed by atoms with Crippen LogP contribution >= 0.6 is 11.6 Å². The van der Waals surface area contributed by atoms with Crippen molar-refractivity contribution < 1.29 is 4.79 Å². The van der Waals surface area contributed by atoms with E-state index in [1.165, 1.54) is 0 Å². The quantitative estimate of drug-likeness (QED) is 0.857. The Morgan fingerprint density at radius 2 is 1.95 bits per heavy atom. The van der Waals surface area contributed by atoms with Crippen LogP contribution < -0.4 is 10.6 Å². The van der Waals surface area contributed by atoms with Gasteiger partial charge in [0, 0.05) is 17.1 Å². The summed E-state index contributed by atoms with van der Waals surface area (Å²) in [5.74, 6) is -0.0519. The van der Waals surface area contributed by atoms with Crippen molar-refractivity contribution in [2.45, 2.75) is 20.3 Å². The van der Waals surface area contributed by atoms with Crippen LogP contribution in [0, 0.1) is 6.92 Å². The molecule has 0 aromatic heterocycles. The fourth-order valence-corrected chi connectivity index (χ4v) is 2.53. The van der Waals surface area contributed by atoms with Crippen LogP contribution in [-0.4, -0.2) is 12.5 Å². The number of halogens is 1. The summed E-state index contributed by atoms with van der Waals surface area (Å²) in [6, 6.07) is 12.7. The Hall–Kier alpha value is -2.00. The number of amides is 1. The second-order valence-electron chi connectivity index (χ2n) is 4.97. The zero-order valence-corrected chi connectivity index (χ0v) is 13.0. The molecule has 0 spiro atoms. The van der Waals surface area contributed by atoms with Gasteiger partial charge in [0.1, 0.15) is 0 Å². The molecule has 3 nitrogen and oxygen atoms in total. The molecule has 0 aliphatic rings. The third-order valence-corrected chi connectivity index (χ3v) is 3.57. The van der Waals surface area contributed by atoms with Crippen molar-refractivity contribution in [2.24, 2.45) is 0 Å². The molecular weight excluding hydrogens is 284 g/mol. The van der Waals surface area contributed by atoms with Crippen LogP contribution in [0.3, 0.4) is 0 Å². The minimum absolute atomic E-state index is 0.0519. The summed E-state index contributed by atoms with van der Waals surface area (Å²) in [4.78, 5) is 14.6. The second-order valence-corrected chi connectivity index (χ2v) is 5.41. The van der Waals surface area contributed by atoms with Gasteiger partial charge < -0.3 is 10.6 Å². The smallest absolute Gasteiger partial charge is 0.258 e. The molecule has 0 bridgehead atoms. The van der Waals surface area contributed by atoms with Crippen molar-refractivity contribution in [3.63, 3.8) is 0 Å². The number of hydrogen-bond donors (Lipinski definition) is 1. The fourth-order valence-electron chi connectivity index (χ4n) is 2.30. The van der Waals surface area contributed by atoms with Crippen LogP contribution in [0.25, 0.3) is 0 Å². The number of rotatable bonds is 4. The van der Waals surface area contributed by atoms with E-state index in [0.29, 0.717) is 22.8 Å². The highest BCUT2D eigenvalue weighted by Gasteiger charge is 2.20. The number of carbonyl (C=O) groups is 1. The van der Waals surface area contributed by atoms with E-state index < -0.39 is 0 Å². The molecule has 2 rings (SSSR count). The Morgan fingerprint density at radius 1 is 1.24 bits per heavy atom. The van der Waals surface area contributed by atoms with Gasteiger partial charge in [-0.05, 0) is 49.2 Å². The predicted octanol–water partition coefficient (Wildman–Crippen LogP) is 4.29. The van der Waals surface area contributed by atoms with Gasteiger partial charge in [0.2, 0.25) is 0 Å². The van der Waals surface area contributed by atoms with Crippen molar-refractivity contribution in [3.05, 3.63) is 58.6 Å². The van der Waals surface area contributed by atoms with Gasteiger partial charge in [-0.25, -0.2) is 0 Å². The summed E-state index contributed by atoms with van der Waals surface area (Å²) < 4.78 is 0. The molecule has 1 amide bonds. The Labute approximate surface area is 130 Å². The summed E-state index contributed by atoms with van der Waals surface area (Å²) in [5.41, 5.74) is 8.88. The van der Waals surface area contributed by atoms with E-state index in [4.69, 9.17) is 17.3 Å². The van der Waals surface area contributed by atoms with Crippen LogP contribution in [0.1, 0.15) is 29.3 Å². The van der Waals surface area contributed by atoms with Crippen molar-refractivity contribution in [1.29, 1.82) is 0 Å². The number of anilines is 2. The number of aryl methyl sites for hydroxylation is 1. The number of nitrogens with two attached hydrogens (primary N) is 1. The highest BCUT2D eigenvalue weighted by molar-refractivity contribution is 6.30. The topological polar surface area (TPSA) is 46.3 Å². The summed E-state index contributed by atoms with van der Waals surface area (Å²) in [6.07, 6.45) is 0.854. The number of nitrogens with zero attached hydrogens (tertiary/aromatic N) is 1. The highest BCUT2D eigenvalue weighted by Crippen LogP contribution is 2.26. The Bertz CT molecular complexity index is 655. The van der Waals surface area contributed by atoms with Crippen LogP contribution in [-0.2, 0) is 0 Å². The van der Waals surface area contributed by atoms with E-state index in [2.05, 4.69) is 0 Å². The first-order valence-electron chi connectivity index (χ1n) is 6.97. The van der Waals surface area contributed by atoms with E-state index in [1.807, 2.05) is 32.0 Å². The molecule has 4 heteroatoms. The SMILES string of the molecule is CCCN(C(=O)c1ccc(Cl)cc1C)c1ccccc1N. The van der Waals surface area contributed by atoms with Crippen LogP contribution in [0.5, 0.6) is 0 Å². The average Bonchev–Trinajstić information content (AvgIpc) is 2.45. The van der Waals surface area contributed by atoms with Crippen LogP contribution in [0.4, 0.5) is 11.4 Å². The molecule has 2 aromatic carbocycles. The summed E-state index contributed by atoms with van der Waals surface area (Å²) in [6.45, 7) is 4.54. The van der Waals surface area contributed by atoms with E-state index >= 15 is 0 Å². The lowest BCUT2D eigenvalue weighted by Crippen LogP contribution is -2.32. The van der Waals surface area contributed by atoms with Gasteiger partial charge in [0.15, 0.2) is 0 Å². The molecule has 0 atom stereocenters. The van der Waals surface area contributed by atoms with E-state index in [-0.39, 0.29) is 5.91 Å². The Morgan fingerprint density at radius 3 is 2.57 bits per heavy atom. The molecule has 0 aliphatic heterocycles. The first kappa shape index (κ1) is 15.4. The lowest BCUT2D eigenvalue weighted by molar-refractivity contribution is 0.0986. The number of benzene rings is 2. The molecule has 2 aromatic rings. The van der Waals surface area contributed by atoms with Gasteiger partial charge in [0.25, 0.3) is 5.91 Å². The first-order chi connectivity index (χ1) is 10.0. The van der Waals surface area contributed by atoms with Crippen molar-refractivity contribution in [1.82, 2.24) is 0 Å². The normalized spacial score (nSPS) is 10.4. The first-order valence-corrected chi connectivity index (χ1v) is 7.35. The van der Waals surface area contributed by atoms with Crippen molar-refractivity contribution >= 4 is 28.9 Å². The third kappa shape index (κ3) is 3.37. The number of hydrogen-bond acceptors (Lipinski definition) is 2. The number of carbonyl (C=O) groups excluding carboxylic acids is 1. The van der Waals surface area contributed by atoms with E-state index in [1.54, 1.807) is 29.2 Å². The van der Waals surface area contributed by atoms with Gasteiger partial charge in [-0.1, -0.05) is 30.7 Å². The lowest BCUT2D eigenvalue weighted by Gasteiger charge is -2.24. The number of nitrogen functional groups attached to an aromatic ring is 1. The predicted molar refractivity (Wildman–Crippen MR) is 89.0 cm³/mol. The Kier molecular flexibility index (Phi) is 4.86. The lowest BCUT2D eigenvalue weighted by atomic mass is 10.1. The summed E-state index contributed by atoms with van der Waals surface area (Å²) in [5, 5.41) is 0.630. The zero-order chi connectivity index (χ0) is 15.4. The minimum atomic E-state index is -0.0519. The maximum Gasteiger partial charge on any atom is 0.258 e. The fraction of sp³-hybridized carbons (Fsp3) is 0.235. The maximum absolute atomic E-state index is 12.8. The molecule has 0 saturated heterocycles. The van der Waals surface area contributed by atoms with Gasteiger partial charge in [-0.15, -0.1) is 0 Å². The molecule has 0 saturated carbocycles. The van der Waals surface area contributed by atoms with Crippen molar-refractivity contribution in [3.8, 4) is 0 Å². The van der Waals surface area contributed by atoms with Crippen molar-refractivity contribution in [2.75, 3.05) is 17.2 Å². The van der Waals surface area contributed by atoms with Crippen LogP contribution in [0.2, 0.25) is 5.02 Å². The average molecular weight is 303 g/mol. The molecule has 0 heterocycles. The molecule has 21 heavy (non-hydrogen) atoms. The highest BCUT2D eigenvalue weighted by atomic mass is 35.5. The molecule has 2 N–H and O–H groups in total. The van der Waals surface area contributed by atoms with Crippen LogP contribution in [0.15, 0.2) is 42.5 Å². The maximum atomic E-state index is 12.8. The van der Waals surface area contributed by atoms with E-state index in [0.717, 1.165) is 17.7 Å². The summed E-state index contributed by atoms with van der Waals surface area (Å²) >= 11 is 5.96. The monoisotopic (exact) mass is 302 g/mol. The van der Waals surface area contributed by atoms with Gasteiger partial charge in [0.05, 0.1) is 11.4 Å². The molecular formula is C17H19ClN2O. The number of para-hydroxylation sites is 2. The van der Waals surface area contributed by atoms with Gasteiger partial charge in [-0.2, -0.15) is 0 Å².